The summed E-state index contributed by atoms with van der Waals surface area (Å²) in [6, 6.07) is 0. The summed E-state index contributed by atoms with van der Waals surface area (Å²) < 4.78 is 0. The molecule has 0 spiro atoms. The molecule has 1 N–H and O–H groups in total. The fraction of sp³-hybridized carbons (Fsp3) is 0.867. The van der Waals surface area contributed by atoms with Gasteiger partial charge in [0.15, 0.2) is 0 Å². The van der Waals surface area contributed by atoms with Gasteiger partial charge in [0.05, 0.1) is 11.4 Å². The Labute approximate surface area is 111 Å². The summed E-state index contributed by atoms with van der Waals surface area (Å²) in [7, 11) is 0. The summed E-state index contributed by atoms with van der Waals surface area (Å²) in [5.74, 6) is 0.642. The molecule has 0 radical (unpaired) electrons. The zero-order valence-electron chi connectivity index (χ0n) is 11.7. The minimum atomic E-state index is 0.642. The molecule has 3 nitrogen and oxygen atoms in total. The van der Waals surface area contributed by atoms with E-state index in [1.807, 2.05) is 0 Å². The summed E-state index contributed by atoms with van der Waals surface area (Å²) >= 11 is 0. The first-order valence-electron chi connectivity index (χ1n) is 7.75. The van der Waals surface area contributed by atoms with Crippen molar-refractivity contribution >= 4 is 0 Å². The Balaban J connectivity index is 1.91. The number of aryl methyl sites for hydroxylation is 1. The molecule has 1 aromatic heterocycles. The van der Waals surface area contributed by atoms with Crippen molar-refractivity contribution in [2.24, 2.45) is 0 Å². The van der Waals surface area contributed by atoms with E-state index in [-0.39, 0.29) is 0 Å². The second kappa shape index (κ2) is 7.55. The van der Waals surface area contributed by atoms with E-state index in [9.17, 15) is 0 Å². The molecule has 2 rings (SSSR count). The third-order valence-corrected chi connectivity index (χ3v) is 4.25. The average Bonchev–Trinajstić information content (AvgIpc) is 2.76. The lowest BCUT2D eigenvalue weighted by atomic mass is 9.90. The molecule has 0 bridgehead atoms. The molecule has 0 unspecified atom stereocenters. The van der Waals surface area contributed by atoms with Crippen LogP contribution in [0.5, 0.6) is 0 Å². The number of hydrogen-bond donors (Lipinski definition) is 1. The highest BCUT2D eigenvalue weighted by Crippen LogP contribution is 2.29. The topological polar surface area (TPSA) is 41.6 Å². The molecule has 1 fully saturated rings. The van der Waals surface area contributed by atoms with Crippen molar-refractivity contribution in [3.8, 4) is 0 Å². The van der Waals surface area contributed by atoms with Crippen LogP contribution >= 0.6 is 0 Å². The Morgan fingerprint density at radius 2 is 1.28 bits per heavy atom. The molecular weight excluding hydrogens is 222 g/mol. The Morgan fingerprint density at radius 3 is 1.72 bits per heavy atom. The van der Waals surface area contributed by atoms with Crippen LogP contribution in [0.25, 0.3) is 0 Å². The van der Waals surface area contributed by atoms with Crippen molar-refractivity contribution < 1.29 is 0 Å². The van der Waals surface area contributed by atoms with E-state index >= 15 is 0 Å². The number of aromatic nitrogens is 3. The SMILES string of the molecule is Cc1n[nH]nc1C1CCCCCCCCCCC1. The number of H-pyrrole nitrogens is 1. The van der Waals surface area contributed by atoms with Crippen molar-refractivity contribution in [3.05, 3.63) is 11.4 Å². The van der Waals surface area contributed by atoms with Crippen LogP contribution in [0.3, 0.4) is 0 Å². The number of nitrogens with zero attached hydrogens (tertiary/aromatic N) is 2. The molecule has 18 heavy (non-hydrogen) atoms. The number of rotatable bonds is 1. The Bertz CT molecular complexity index is 320. The molecule has 1 aromatic rings. The zero-order valence-corrected chi connectivity index (χ0v) is 11.7. The van der Waals surface area contributed by atoms with E-state index in [1.54, 1.807) is 0 Å². The van der Waals surface area contributed by atoms with Crippen LogP contribution in [-0.2, 0) is 0 Å². The van der Waals surface area contributed by atoms with Gasteiger partial charge in [-0.05, 0) is 19.8 Å². The fourth-order valence-electron chi connectivity index (χ4n) is 3.12. The van der Waals surface area contributed by atoms with Gasteiger partial charge in [-0.25, -0.2) is 0 Å². The summed E-state index contributed by atoms with van der Waals surface area (Å²) in [4.78, 5) is 0. The number of hydrogen-bond acceptors (Lipinski definition) is 2. The van der Waals surface area contributed by atoms with Crippen molar-refractivity contribution in [3.63, 3.8) is 0 Å². The molecular formula is C15H27N3. The smallest absolute Gasteiger partial charge is 0.0884 e. The minimum Gasteiger partial charge on any atom is -0.197 e. The van der Waals surface area contributed by atoms with Gasteiger partial charge in [0.2, 0.25) is 0 Å². The van der Waals surface area contributed by atoms with Crippen molar-refractivity contribution in [2.45, 2.75) is 83.5 Å². The van der Waals surface area contributed by atoms with Gasteiger partial charge in [0, 0.05) is 5.92 Å². The van der Waals surface area contributed by atoms with Crippen molar-refractivity contribution in [1.29, 1.82) is 0 Å². The van der Waals surface area contributed by atoms with Crippen LogP contribution in [0.2, 0.25) is 0 Å². The second-order valence-electron chi connectivity index (χ2n) is 5.75. The van der Waals surface area contributed by atoms with Gasteiger partial charge >= 0.3 is 0 Å². The van der Waals surface area contributed by atoms with Gasteiger partial charge in [-0.2, -0.15) is 15.4 Å². The molecule has 3 heteroatoms. The first kappa shape index (κ1) is 13.6. The lowest BCUT2D eigenvalue weighted by Gasteiger charge is -2.16. The molecule has 0 aliphatic heterocycles. The van der Waals surface area contributed by atoms with Crippen LogP contribution in [-0.4, -0.2) is 15.4 Å². The highest BCUT2D eigenvalue weighted by atomic mass is 15.3. The van der Waals surface area contributed by atoms with E-state index in [4.69, 9.17) is 0 Å². The zero-order chi connectivity index (χ0) is 12.6. The maximum atomic E-state index is 4.37. The first-order chi connectivity index (χ1) is 8.88. The maximum Gasteiger partial charge on any atom is 0.0884 e. The molecule has 0 aromatic carbocycles. The van der Waals surface area contributed by atoms with Gasteiger partial charge in [-0.1, -0.05) is 57.8 Å². The quantitative estimate of drug-likeness (QED) is 0.796. The second-order valence-corrected chi connectivity index (χ2v) is 5.75. The Kier molecular flexibility index (Phi) is 5.69. The van der Waals surface area contributed by atoms with Crippen molar-refractivity contribution in [1.82, 2.24) is 15.4 Å². The Morgan fingerprint density at radius 1 is 0.778 bits per heavy atom. The summed E-state index contributed by atoms with van der Waals surface area (Å²) in [5, 5.41) is 11.3. The lowest BCUT2D eigenvalue weighted by Crippen LogP contribution is -2.03. The molecule has 1 saturated carbocycles. The first-order valence-corrected chi connectivity index (χ1v) is 7.75. The molecule has 102 valence electrons. The summed E-state index contributed by atoms with van der Waals surface area (Å²) in [6.07, 6.45) is 15.3. The molecule has 0 saturated heterocycles. The van der Waals surface area contributed by atoms with Gasteiger partial charge in [0.25, 0.3) is 0 Å². The molecule has 1 aliphatic carbocycles. The van der Waals surface area contributed by atoms with E-state index in [0.29, 0.717) is 5.92 Å². The van der Waals surface area contributed by atoms with Gasteiger partial charge in [-0.15, -0.1) is 0 Å². The standard InChI is InChI=1S/C15H27N3/c1-13-15(17-18-16-13)14-11-9-7-5-3-2-4-6-8-10-12-14/h14H,2-12H2,1H3,(H,16,17,18). The predicted octanol–water partition coefficient (Wildman–Crippen LogP) is 4.50. The van der Waals surface area contributed by atoms with E-state index in [2.05, 4.69) is 22.3 Å². The number of aromatic amines is 1. The minimum absolute atomic E-state index is 0.642. The van der Waals surface area contributed by atoms with Crippen LogP contribution in [0, 0.1) is 6.92 Å². The predicted molar refractivity (Wildman–Crippen MR) is 74.6 cm³/mol. The highest BCUT2D eigenvalue weighted by molar-refractivity contribution is 5.12. The molecule has 1 aliphatic rings. The van der Waals surface area contributed by atoms with Gasteiger partial charge in [-0.3, -0.25) is 0 Å². The monoisotopic (exact) mass is 249 g/mol. The van der Waals surface area contributed by atoms with Crippen LogP contribution in [0.1, 0.15) is 87.9 Å². The van der Waals surface area contributed by atoms with Crippen LogP contribution in [0.15, 0.2) is 0 Å². The van der Waals surface area contributed by atoms with Gasteiger partial charge in [0.1, 0.15) is 0 Å². The molecule has 0 atom stereocenters. The third-order valence-electron chi connectivity index (χ3n) is 4.25. The molecule has 0 amide bonds. The third kappa shape index (κ3) is 4.11. The van der Waals surface area contributed by atoms with Crippen LogP contribution < -0.4 is 0 Å². The average molecular weight is 249 g/mol. The highest BCUT2D eigenvalue weighted by Gasteiger charge is 2.17. The van der Waals surface area contributed by atoms with E-state index in [1.165, 1.54) is 76.3 Å². The summed E-state index contributed by atoms with van der Waals surface area (Å²) in [6.45, 7) is 2.08. The van der Waals surface area contributed by atoms with Crippen molar-refractivity contribution in [2.75, 3.05) is 0 Å². The number of nitrogens with one attached hydrogen (secondary N) is 1. The molecule has 1 heterocycles. The maximum absolute atomic E-state index is 4.37. The van der Waals surface area contributed by atoms with E-state index in [0.717, 1.165) is 5.69 Å². The fourth-order valence-corrected chi connectivity index (χ4v) is 3.12. The van der Waals surface area contributed by atoms with Crippen LogP contribution in [0.4, 0.5) is 0 Å². The largest absolute Gasteiger partial charge is 0.197 e. The van der Waals surface area contributed by atoms with E-state index < -0.39 is 0 Å². The normalized spacial score (nSPS) is 21.2. The summed E-state index contributed by atoms with van der Waals surface area (Å²) in [5.41, 5.74) is 2.33. The Hall–Kier alpha value is -0.860. The lowest BCUT2D eigenvalue weighted by molar-refractivity contribution is 0.460. The van der Waals surface area contributed by atoms with Gasteiger partial charge < -0.3 is 0 Å².